The smallest absolute Gasteiger partial charge is 0.181 e. The van der Waals surface area contributed by atoms with Gasteiger partial charge >= 0.3 is 0 Å². The predicted molar refractivity (Wildman–Crippen MR) is 96.2 cm³/mol. The number of aromatic amines is 1. The fraction of sp³-hybridized carbons (Fsp3) is 0.350. The highest BCUT2D eigenvalue weighted by atomic mass is 16.1. The van der Waals surface area contributed by atoms with Crippen LogP contribution in [0.15, 0.2) is 48.8 Å². The van der Waals surface area contributed by atoms with Crippen molar-refractivity contribution >= 4 is 16.7 Å². The zero-order chi connectivity index (χ0) is 16.7. The average Bonchev–Trinajstić information content (AvgIpc) is 3.31. The monoisotopic (exact) mass is 321 g/mol. The van der Waals surface area contributed by atoms with E-state index >= 15 is 0 Å². The number of fused-ring (bicyclic) bond motifs is 1. The molecule has 0 spiro atoms. The first kappa shape index (κ1) is 15.2. The first-order chi connectivity index (χ1) is 11.7. The quantitative estimate of drug-likeness (QED) is 0.740. The Morgan fingerprint density at radius 3 is 2.88 bits per heavy atom. The number of likely N-dealkylation sites (tertiary alicyclic amines) is 1. The van der Waals surface area contributed by atoms with Crippen LogP contribution >= 0.6 is 0 Å². The first-order valence-electron chi connectivity index (χ1n) is 8.64. The Balaban J connectivity index is 1.64. The number of hydrogen-bond donors (Lipinski definition) is 1. The van der Waals surface area contributed by atoms with Crippen LogP contribution in [0.5, 0.6) is 0 Å². The van der Waals surface area contributed by atoms with Gasteiger partial charge in [0.05, 0.1) is 12.1 Å². The van der Waals surface area contributed by atoms with Crippen LogP contribution in [-0.2, 0) is 7.05 Å². The molecule has 1 aromatic carbocycles. The molecule has 0 radical (unpaired) electrons. The molecular formula is C20H23N3O. The second-order valence-corrected chi connectivity index (χ2v) is 6.73. The lowest BCUT2D eigenvalue weighted by Crippen LogP contribution is -2.39. The SMILES string of the molecule is C[C@@H](C(=O)c1c[nH]c2ccccc12)N1CCC[C@@H]1c1cccn1C. The normalized spacial score (nSPS) is 19.8. The van der Waals surface area contributed by atoms with E-state index in [1.807, 2.05) is 37.4 Å². The van der Waals surface area contributed by atoms with Gasteiger partial charge in [0.2, 0.25) is 0 Å². The lowest BCUT2D eigenvalue weighted by Gasteiger charge is -2.30. The number of Topliss-reactive ketones (excluding diaryl/α,β-unsaturated/α-hetero) is 1. The minimum absolute atomic E-state index is 0.119. The molecule has 24 heavy (non-hydrogen) atoms. The molecule has 1 saturated heterocycles. The van der Waals surface area contributed by atoms with Crippen LogP contribution in [0.4, 0.5) is 0 Å². The van der Waals surface area contributed by atoms with Crippen molar-refractivity contribution in [2.24, 2.45) is 7.05 Å². The van der Waals surface area contributed by atoms with E-state index in [0.717, 1.165) is 35.9 Å². The molecule has 2 atom stereocenters. The van der Waals surface area contributed by atoms with Crippen LogP contribution in [-0.4, -0.2) is 32.8 Å². The van der Waals surface area contributed by atoms with Crippen molar-refractivity contribution in [2.45, 2.75) is 31.8 Å². The summed E-state index contributed by atoms with van der Waals surface area (Å²) in [5, 5.41) is 1.02. The summed E-state index contributed by atoms with van der Waals surface area (Å²) in [7, 11) is 2.08. The van der Waals surface area contributed by atoms with Crippen LogP contribution in [0.25, 0.3) is 10.9 Å². The molecule has 1 aliphatic rings. The average molecular weight is 321 g/mol. The van der Waals surface area contributed by atoms with E-state index in [0.29, 0.717) is 6.04 Å². The Morgan fingerprint density at radius 2 is 2.08 bits per heavy atom. The Kier molecular flexibility index (Phi) is 3.77. The first-order valence-corrected chi connectivity index (χ1v) is 8.64. The fourth-order valence-corrected chi connectivity index (χ4v) is 4.04. The van der Waals surface area contributed by atoms with Gasteiger partial charge in [0.1, 0.15) is 0 Å². The molecule has 0 bridgehead atoms. The van der Waals surface area contributed by atoms with Gasteiger partial charge < -0.3 is 9.55 Å². The Hall–Kier alpha value is -2.33. The van der Waals surface area contributed by atoms with Gasteiger partial charge in [0.25, 0.3) is 0 Å². The lowest BCUT2D eigenvalue weighted by molar-refractivity contribution is 0.0817. The minimum atomic E-state index is -0.119. The summed E-state index contributed by atoms with van der Waals surface area (Å²) in [4.78, 5) is 18.7. The number of H-pyrrole nitrogens is 1. The van der Waals surface area contributed by atoms with Gasteiger partial charge in [-0.2, -0.15) is 0 Å². The zero-order valence-corrected chi connectivity index (χ0v) is 14.2. The summed E-state index contributed by atoms with van der Waals surface area (Å²) in [5.41, 5.74) is 3.12. The van der Waals surface area contributed by atoms with E-state index in [2.05, 4.69) is 39.8 Å². The van der Waals surface area contributed by atoms with Crippen molar-refractivity contribution < 1.29 is 4.79 Å². The highest BCUT2D eigenvalue weighted by molar-refractivity contribution is 6.10. The predicted octanol–water partition coefficient (Wildman–Crippen LogP) is 3.91. The molecule has 2 aromatic heterocycles. The molecule has 124 valence electrons. The van der Waals surface area contributed by atoms with Gasteiger partial charge in [0.15, 0.2) is 5.78 Å². The maximum absolute atomic E-state index is 13.1. The summed E-state index contributed by atoms with van der Waals surface area (Å²) in [6.45, 7) is 3.02. The van der Waals surface area contributed by atoms with E-state index < -0.39 is 0 Å². The Morgan fingerprint density at radius 1 is 1.25 bits per heavy atom. The van der Waals surface area contributed by atoms with Gasteiger partial charge in [0, 0.05) is 41.6 Å². The Bertz CT molecular complexity index is 876. The standard InChI is InChI=1S/C20H23N3O/c1-14(20(24)16-13-21-17-8-4-3-7-15(16)17)23-12-6-10-19(23)18-9-5-11-22(18)2/h3-5,7-9,11,13-14,19,21H,6,10,12H2,1-2H3/t14-,19+/m0/s1. The van der Waals surface area contributed by atoms with Crippen LogP contribution in [0.1, 0.15) is 41.9 Å². The number of aromatic nitrogens is 2. The second kappa shape index (κ2) is 5.95. The van der Waals surface area contributed by atoms with Gasteiger partial charge in [-0.1, -0.05) is 18.2 Å². The van der Waals surface area contributed by atoms with Crippen LogP contribution in [0, 0.1) is 0 Å². The van der Waals surface area contributed by atoms with E-state index in [4.69, 9.17) is 0 Å². The number of hydrogen-bond acceptors (Lipinski definition) is 2. The van der Waals surface area contributed by atoms with E-state index in [1.54, 1.807) is 0 Å². The van der Waals surface area contributed by atoms with Crippen LogP contribution in [0.2, 0.25) is 0 Å². The van der Waals surface area contributed by atoms with Crippen LogP contribution in [0.3, 0.4) is 0 Å². The van der Waals surface area contributed by atoms with Crippen molar-refractivity contribution in [1.82, 2.24) is 14.5 Å². The van der Waals surface area contributed by atoms with Crippen LogP contribution < -0.4 is 0 Å². The number of rotatable bonds is 4. The summed E-state index contributed by atoms with van der Waals surface area (Å²) in [6, 6.07) is 12.5. The molecular weight excluding hydrogens is 298 g/mol. The molecule has 1 fully saturated rings. The zero-order valence-electron chi connectivity index (χ0n) is 14.2. The van der Waals surface area contributed by atoms with Gasteiger partial charge in [-0.15, -0.1) is 0 Å². The summed E-state index contributed by atoms with van der Waals surface area (Å²) in [5.74, 6) is 0.202. The molecule has 4 rings (SSSR count). The molecule has 3 aromatic rings. The highest BCUT2D eigenvalue weighted by Crippen LogP contribution is 2.34. The second-order valence-electron chi connectivity index (χ2n) is 6.73. The molecule has 4 nitrogen and oxygen atoms in total. The summed E-state index contributed by atoms with van der Waals surface area (Å²) >= 11 is 0. The molecule has 3 heterocycles. The number of carbonyl (C=O) groups excluding carboxylic acids is 1. The number of nitrogens with zero attached hydrogens (tertiary/aromatic N) is 2. The topological polar surface area (TPSA) is 41.0 Å². The number of carbonyl (C=O) groups is 1. The van der Waals surface area contributed by atoms with E-state index in [-0.39, 0.29) is 11.8 Å². The highest BCUT2D eigenvalue weighted by Gasteiger charge is 2.34. The summed E-state index contributed by atoms with van der Waals surface area (Å²) < 4.78 is 2.17. The number of aryl methyl sites for hydroxylation is 1. The van der Waals surface area contributed by atoms with Gasteiger partial charge in [-0.05, 0) is 44.5 Å². The molecule has 0 unspecified atom stereocenters. The largest absolute Gasteiger partial charge is 0.360 e. The van der Waals surface area contributed by atoms with Crippen molar-refractivity contribution in [1.29, 1.82) is 0 Å². The van der Waals surface area contributed by atoms with Crippen molar-refractivity contribution in [3.05, 3.63) is 60.0 Å². The molecule has 0 amide bonds. The number of benzene rings is 1. The van der Waals surface area contributed by atoms with E-state index in [9.17, 15) is 4.79 Å². The number of para-hydroxylation sites is 1. The maximum Gasteiger partial charge on any atom is 0.181 e. The summed E-state index contributed by atoms with van der Waals surface area (Å²) in [6.07, 6.45) is 6.19. The minimum Gasteiger partial charge on any atom is -0.360 e. The lowest BCUT2D eigenvalue weighted by atomic mass is 10.0. The van der Waals surface area contributed by atoms with Gasteiger partial charge in [-0.25, -0.2) is 0 Å². The maximum atomic E-state index is 13.1. The third-order valence-corrected chi connectivity index (χ3v) is 5.35. The van der Waals surface area contributed by atoms with Gasteiger partial charge in [-0.3, -0.25) is 9.69 Å². The molecule has 0 saturated carbocycles. The molecule has 0 aliphatic carbocycles. The third-order valence-electron chi connectivity index (χ3n) is 5.35. The van der Waals surface area contributed by atoms with Crippen molar-refractivity contribution in [3.63, 3.8) is 0 Å². The van der Waals surface area contributed by atoms with E-state index in [1.165, 1.54) is 5.69 Å². The third kappa shape index (κ3) is 2.38. The van der Waals surface area contributed by atoms with Crippen molar-refractivity contribution in [3.8, 4) is 0 Å². The number of ketones is 1. The van der Waals surface area contributed by atoms with Crippen molar-refractivity contribution in [2.75, 3.05) is 6.54 Å². The molecule has 1 aliphatic heterocycles. The Labute approximate surface area is 142 Å². The number of nitrogens with one attached hydrogen (secondary N) is 1. The fourth-order valence-electron chi connectivity index (χ4n) is 4.04. The molecule has 1 N–H and O–H groups in total. The molecule has 4 heteroatoms.